The molecule has 0 aromatic heterocycles. The highest BCUT2D eigenvalue weighted by atomic mass is 14.8. The summed E-state index contributed by atoms with van der Waals surface area (Å²) in [5, 5.41) is 0. The van der Waals surface area contributed by atoms with Gasteiger partial charge in [-0.1, -0.05) is 23.3 Å². The van der Waals surface area contributed by atoms with E-state index >= 15 is 0 Å². The molecule has 0 radical (unpaired) electrons. The second kappa shape index (κ2) is 9.13. The molecule has 1 heteroatoms. The number of hydrogen-bond acceptors (Lipinski definition) is 1. The molecule has 0 spiro atoms. The van der Waals surface area contributed by atoms with Crippen molar-refractivity contribution in [2.45, 2.75) is 79.2 Å². The molecule has 104 valence electrons. The molecule has 0 fully saturated rings. The lowest BCUT2D eigenvalue weighted by atomic mass is 10.1. The molecule has 0 aliphatic carbocycles. The van der Waals surface area contributed by atoms with Gasteiger partial charge in [0.05, 0.1) is 5.54 Å². The van der Waals surface area contributed by atoms with Gasteiger partial charge in [0, 0.05) is 0 Å². The molecule has 0 saturated heterocycles. The predicted molar refractivity (Wildman–Crippen MR) is 84.5 cm³/mol. The van der Waals surface area contributed by atoms with Crippen LogP contribution in [0.15, 0.2) is 28.3 Å². The number of hydrogen-bond donors (Lipinski definition) is 0. The summed E-state index contributed by atoms with van der Waals surface area (Å²) in [6, 6.07) is 0. The molecule has 0 aromatic carbocycles. The molecule has 0 rings (SSSR count). The van der Waals surface area contributed by atoms with Crippen LogP contribution in [0, 0.1) is 0 Å². The maximum absolute atomic E-state index is 4.49. The van der Waals surface area contributed by atoms with Crippen molar-refractivity contribution in [2.24, 2.45) is 4.99 Å². The molecular formula is C17H31N. The van der Waals surface area contributed by atoms with Gasteiger partial charge < -0.3 is 0 Å². The lowest BCUT2D eigenvalue weighted by molar-refractivity contribution is 0.584. The van der Waals surface area contributed by atoms with Crippen LogP contribution in [0.1, 0.15) is 73.6 Å². The first-order chi connectivity index (χ1) is 8.31. The molecule has 0 saturated carbocycles. The zero-order valence-corrected chi connectivity index (χ0v) is 13.2. The van der Waals surface area contributed by atoms with Gasteiger partial charge in [-0.3, -0.25) is 4.99 Å². The number of rotatable bonds is 7. The Morgan fingerprint density at radius 1 is 0.944 bits per heavy atom. The lowest BCUT2D eigenvalue weighted by Crippen LogP contribution is -2.09. The van der Waals surface area contributed by atoms with Crippen molar-refractivity contribution in [1.29, 1.82) is 0 Å². The van der Waals surface area contributed by atoms with Crippen LogP contribution < -0.4 is 0 Å². The molecule has 0 heterocycles. The lowest BCUT2D eigenvalue weighted by Gasteiger charge is -2.10. The molecule has 0 N–H and O–H groups in total. The zero-order valence-electron chi connectivity index (χ0n) is 13.2. The molecule has 0 aliphatic rings. The molecule has 0 amide bonds. The number of unbranched alkanes of at least 4 members (excludes halogenated alkanes) is 2. The van der Waals surface area contributed by atoms with E-state index in [9.17, 15) is 0 Å². The third kappa shape index (κ3) is 13.2. The van der Waals surface area contributed by atoms with Gasteiger partial charge in [-0.15, -0.1) is 0 Å². The molecule has 0 atom stereocenters. The van der Waals surface area contributed by atoms with Crippen molar-refractivity contribution in [3.8, 4) is 0 Å². The van der Waals surface area contributed by atoms with Crippen LogP contribution in [0.2, 0.25) is 0 Å². The number of allylic oxidation sites excluding steroid dienone is 4. The largest absolute Gasteiger partial charge is 0.292 e. The topological polar surface area (TPSA) is 12.4 Å². The minimum atomic E-state index is 0.0795. The van der Waals surface area contributed by atoms with Crippen LogP contribution in [0.25, 0.3) is 0 Å². The van der Waals surface area contributed by atoms with E-state index in [0.717, 1.165) is 6.42 Å². The molecule has 0 aromatic rings. The highest BCUT2D eigenvalue weighted by Gasteiger charge is 2.03. The Morgan fingerprint density at radius 3 is 2.17 bits per heavy atom. The van der Waals surface area contributed by atoms with Gasteiger partial charge in [0.1, 0.15) is 0 Å². The summed E-state index contributed by atoms with van der Waals surface area (Å²) in [4.78, 5) is 4.49. The quantitative estimate of drug-likeness (QED) is 0.311. The smallest absolute Gasteiger partial charge is 0.0520 e. The van der Waals surface area contributed by atoms with Crippen molar-refractivity contribution in [3.63, 3.8) is 0 Å². The third-order valence-corrected chi connectivity index (χ3v) is 2.60. The van der Waals surface area contributed by atoms with E-state index in [1.54, 1.807) is 0 Å². The summed E-state index contributed by atoms with van der Waals surface area (Å²) in [5.41, 5.74) is 3.01. The van der Waals surface area contributed by atoms with Gasteiger partial charge in [0.25, 0.3) is 0 Å². The first-order valence-corrected chi connectivity index (χ1v) is 7.14. The Labute approximate surface area is 114 Å². The molecule has 0 unspecified atom stereocenters. The van der Waals surface area contributed by atoms with Crippen LogP contribution in [0.5, 0.6) is 0 Å². The van der Waals surface area contributed by atoms with Crippen molar-refractivity contribution in [1.82, 2.24) is 0 Å². The highest BCUT2D eigenvalue weighted by molar-refractivity contribution is 5.57. The number of nitrogens with zero attached hydrogens (tertiary/aromatic N) is 1. The fourth-order valence-electron chi connectivity index (χ4n) is 1.59. The van der Waals surface area contributed by atoms with Crippen LogP contribution in [0.3, 0.4) is 0 Å². The van der Waals surface area contributed by atoms with Crippen LogP contribution >= 0.6 is 0 Å². The molecule has 1 nitrogen and oxygen atoms in total. The first kappa shape index (κ1) is 17.2. The van der Waals surface area contributed by atoms with E-state index in [2.05, 4.69) is 64.9 Å². The predicted octanol–water partition coefficient (Wildman–Crippen LogP) is 5.72. The standard InChI is InChI=1S/C17H31N/c1-15(2)11-10-13-16(3)12-8-7-9-14-18-17(4,5)6/h11-12,14H,7-10,13H2,1-6H3/b16-12-,18-14?. The Kier molecular flexibility index (Phi) is 8.70. The highest BCUT2D eigenvalue weighted by Crippen LogP contribution is 2.09. The van der Waals surface area contributed by atoms with Gasteiger partial charge in [0.2, 0.25) is 0 Å². The normalized spacial score (nSPS) is 13.1. The second-order valence-electron chi connectivity index (χ2n) is 6.28. The fourth-order valence-corrected chi connectivity index (χ4v) is 1.59. The van der Waals surface area contributed by atoms with Gasteiger partial charge >= 0.3 is 0 Å². The maximum Gasteiger partial charge on any atom is 0.0520 e. The van der Waals surface area contributed by atoms with E-state index in [1.807, 2.05) is 0 Å². The second-order valence-corrected chi connectivity index (χ2v) is 6.28. The van der Waals surface area contributed by atoms with Gasteiger partial charge in [0.15, 0.2) is 0 Å². The summed E-state index contributed by atoms with van der Waals surface area (Å²) in [6.45, 7) is 13.0. The molecule has 0 bridgehead atoms. The van der Waals surface area contributed by atoms with Gasteiger partial charge in [-0.2, -0.15) is 0 Å². The Bertz CT molecular complexity index is 296. The maximum atomic E-state index is 4.49. The summed E-state index contributed by atoms with van der Waals surface area (Å²) in [6.07, 6.45) is 12.6. The van der Waals surface area contributed by atoms with Crippen LogP contribution in [-0.2, 0) is 0 Å². The van der Waals surface area contributed by atoms with Crippen LogP contribution in [0.4, 0.5) is 0 Å². The minimum absolute atomic E-state index is 0.0795. The Morgan fingerprint density at radius 2 is 1.61 bits per heavy atom. The van der Waals surface area contributed by atoms with Crippen molar-refractivity contribution in [2.75, 3.05) is 0 Å². The monoisotopic (exact) mass is 249 g/mol. The Hall–Kier alpha value is -0.850. The molecule has 0 aliphatic heterocycles. The van der Waals surface area contributed by atoms with E-state index in [-0.39, 0.29) is 5.54 Å². The average molecular weight is 249 g/mol. The van der Waals surface area contributed by atoms with E-state index in [4.69, 9.17) is 0 Å². The fraction of sp³-hybridized carbons (Fsp3) is 0.706. The van der Waals surface area contributed by atoms with Crippen molar-refractivity contribution in [3.05, 3.63) is 23.3 Å². The summed E-state index contributed by atoms with van der Waals surface area (Å²) < 4.78 is 0. The number of aliphatic imine (C=N–C) groups is 1. The SMILES string of the molecule is CC(C)=CCC/C(C)=C\CCCC=NC(C)(C)C. The van der Waals surface area contributed by atoms with Crippen molar-refractivity contribution >= 4 is 6.21 Å². The van der Waals surface area contributed by atoms with Crippen molar-refractivity contribution < 1.29 is 0 Å². The van der Waals surface area contributed by atoms with E-state index in [1.165, 1.54) is 36.8 Å². The van der Waals surface area contributed by atoms with E-state index in [0.29, 0.717) is 0 Å². The van der Waals surface area contributed by atoms with Gasteiger partial charge in [-0.25, -0.2) is 0 Å². The third-order valence-electron chi connectivity index (χ3n) is 2.60. The molecular weight excluding hydrogens is 218 g/mol. The van der Waals surface area contributed by atoms with Gasteiger partial charge in [-0.05, 0) is 79.9 Å². The summed E-state index contributed by atoms with van der Waals surface area (Å²) >= 11 is 0. The molecule has 18 heavy (non-hydrogen) atoms. The summed E-state index contributed by atoms with van der Waals surface area (Å²) in [7, 11) is 0. The summed E-state index contributed by atoms with van der Waals surface area (Å²) in [5.74, 6) is 0. The first-order valence-electron chi connectivity index (χ1n) is 7.14. The van der Waals surface area contributed by atoms with E-state index < -0.39 is 0 Å². The van der Waals surface area contributed by atoms with Crippen LogP contribution in [-0.4, -0.2) is 11.8 Å². The zero-order chi connectivity index (χ0) is 14.0. The minimum Gasteiger partial charge on any atom is -0.292 e. The Balaban J connectivity index is 3.69. The average Bonchev–Trinajstić information content (AvgIpc) is 2.21.